The monoisotopic (exact) mass is 128 g/mol. The van der Waals surface area contributed by atoms with Crippen LogP contribution in [0.3, 0.4) is 0 Å². The number of hydrogen-bond donors (Lipinski definition) is 0. The molecule has 0 spiro atoms. The van der Waals surface area contributed by atoms with Crippen molar-refractivity contribution in [2.45, 2.75) is 0 Å². The maximum Gasteiger partial charge on any atom is 0.424 e. The molecule has 0 saturated carbocycles. The van der Waals surface area contributed by atoms with E-state index in [4.69, 9.17) is 0 Å². The first-order valence-corrected chi connectivity index (χ1v) is 2.70. The van der Waals surface area contributed by atoms with Crippen LogP contribution in [-0.2, 0) is 14.1 Å². The molecule has 1 aromatic heterocycles. The zero-order valence-corrected chi connectivity index (χ0v) is 5.50. The van der Waals surface area contributed by atoms with Gasteiger partial charge >= 0.3 is 5.95 Å². The topological polar surface area (TPSA) is 7.76 Å². The van der Waals surface area contributed by atoms with Gasteiger partial charge in [0.2, 0.25) is 12.4 Å². The van der Waals surface area contributed by atoms with Crippen LogP contribution in [-0.4, -0.2) is 0 Å². The lowest BCUT2D eigenvalue weighted by Crippen LogP contribution is -2.40. The lowest BCUT2D eigenvalue weighted by atomic mass is 10.7. The molecule has 0 fully saturated rings. The van der Waals surface area contributed by atoms with Crippen molar-refractivity contribution in [1.29, 1.82) is 0 Å². The molecule has 9 heavy (non-hydrogen) atoms. The van der Waals surface area contributed by atoms with Crippen molar-refractivity contribution < 1.29 is 13.5 Å². The first-order chi connectivity index (χ1) is 4.20. The van der Waals surface area contributed by atoms with E-state index in [9.17, 15) is 4.39 Å². The number of hydrogen-bond acceptors (Lipinski definition) is 0. The molecule has 1 rings (SSSR count). The van der Waals surface area contributed by atoms with Crippen LogP contribution in [0, 0.1) is 5.95 Å². The Balaban J connectivity index is 3.17. The predicted molar refractivity (Wildman–Crippen MR) is 28.8 cm³/mol. The maximum atomic E-state index is 12.5. The Kier molecular flexibility index (Phi) is 1.42. The van der Waals surface area contributed by atoms with Gasteiger partial charge < -0.3 is 0 Å². The third-order valence-electron chi connectivity index (χ3n) is 1.17. The van der Waals surface area contributed by atoms with Crippen molar-refractivity contribution in [3.05, 3.63) is 24.5 Å². The average molecular weight is 128 g/mol. The molecule has 0 saturated heterocycles. The summed E-state index contributed by atoms with van der Waals surface area (Å²) in [5, 5.41) is 0. The van der Waals surface area contributed by atoms with Crippen molar-refractivity contribution >= 4 is 0 Å². The highest BCUT2D eigenvalue weighted by Gasteiger charge is 2.07. The summed E-state index contributed by atoms with van der Waals surface area (Å²) in [5.74, 6) is -0.236. The van der Waals surface area contributed by atoms with E-state index >= 15 is 0 Å². The van der Waals surface area contributed by atoms with Crippen LogP contribution in [0.15, 0.2) is 18.6 Å². The minimum atomic E-state index is -0.236. The second-order valence-electron chi connectivity index (χ2n) is 2.03. The van der Waals surface area contributed by atoms with Crippen LogP contribution in [0.25, 0.3) is 0 Å². The summed E-state index contributed by atoms with van der Waals surface area (Å²) in [4.78, 5) is 0. The Morgan fingerprint density at radius 1 is 1.33 bits per heavy atom. The summed E-state index contributed by atoms with van der Waals surface area (Å²) >= 11 is 0. The minimum absolute atomic E-state index is 0.236. The standard InChI is InChI=1S/C6H9FN2/c1-8-3-4-9(2)6(7)5-8/h3-5H,1-2H3/q+2. The summed E-state index contributed by atoms with van der Waals surface area (Å²) in [5.41, 5.74) is 0. The van der Waals surface area contributed by atoms with E-state index in [1.807, 2.05) is 0 Å². The number of rotatable bonds is 0. The first kappa shape index (κ1) is 6.13. The highest BCUT2D eigenvalue weighted by atomic mass is 19.1. The van der Waals surface area contributed by atoms with E-state index in [2.05, 4.69) is 0 Å². The van der Waals surface area contributed by atoms with Gasteiger partial charge in [-0.15, -0.1) is 4.39 Å². The predicted octanol–water partition coefficient (Wildman–Crippen LogP) is -0.525. The van der Waals surface area contributed by atoms with Crippen molar-refractivity contribution in [3.8, 4) is 0 Å². The fourth-order valence-corrected chi connectivity index (χ4v) is 0.578. The van der Waals surface area contributed by atoms with Crippen LogP contribution in [0.2, 0.25) is 0 Å². The van der Waals surface area contributed by atoms with Gasteiger partial charge in [-0.05, 0) is 0 Å². The highest BCUT2D eigenvalue weighted by Crippen LogP contribution is 1.76. The molecule has 1 heterocycles. The van der Waals surface area contributed by atoms with E-state index in [1.165, 1.54) is 10.8 Å². The van der Waals surface area contributed by atoms with Crippen molar-refractivity contribution in [2.24, 2.45) is 14.1 Å². The van der Waals surface area contributed by atoms with Gasteiger partial charge in [0, 0.05) is 0 Å². The van der Waals surface area contributed by atoms with Crippen LogP contribution in [0.5, 0.6) is 0 Å². The van der Waals surface area contributed by atoms with E-state index in [1.54, 1.807) is 31.1 Å². The van der Waals surface area contributed by atoms with E-state index in [-0.39, 0.29) is 5.95 Å². The van der Waals surface area contributed by atoms with E-state index in [0.29, 0.717) is 0 Å². The largest absolute Gasteiger partial charge is 0.424 e. The van der Waals surface area contributed by atoms with Crippen molar-refractivity contribution in [2.75, 3.05) is 0 Å². The molecular formula is C6H9FN2+2. The second kappa shape index (κ2) is 2.09. The molecule has 0 aliphatic carbocycles. The van der Waals surface area contributed by atoms with Gasteiger partial charge in [-0.1, -0.05) is 0 Å². The Labute approximate surface area is 53.2 Å². The van der Waals surface area contributed by atoms with Crippen LogP contribution in [0.4, 0.5) is 4.39 Å². The molecule has 48 valence electrons. The summed E-state index contributed by atoms with van der Waals surface area (Å²) in [6.07, 6.45) is 4.86. The number of aryl methyl sites for hydroxylation is 2. The second-order valence-corrected chi connectivity index (χ2v) is 2.03. The van der Waals surface area contributed by atoms with Gasteiger partial charge in [0.25, 0.3) is 6.20 Å². The molecule has 0 bridgehead atoms. The van der Waals surface area contributed by atoms with Gasteiger partial charge in [0.15, 0.2) is 0 Å². The minimum Gasteiger partial charge on any atom is -0.195 e. The molecule has 0 atom stereocenters. The molecule has 0 amide bonds. The molecule has 2 nitrogen and oxygen atoms in total. The lowest BCUT2D eigenvalue weighted by molar-refractivity contribution is -0.747. The summed E-state index contributed by atoms with van der Waals surface area (Å²) in [6.45, 7) is 0. The Morgan fingerprint density at radius 3 is 2.44 bits per heavy atom. The Hall–Kier alpha value is -0.990. The van der Waals surface area contributed by atoms with Gasteiger partial charge in [0.05, 0.1) is 0 Å². The van der Waals surface area contributed by atoms with Gasteiger partial charge in [0.1, 0.15) is 14.1 Å². The molecule has 0 radical (unpaired) electrons. The molecule has 0 N–H and O–H groups in total. The molecular weight excluding hydrogens is 119 g/mol. The molecule has 0 unspecified atom stereocenters. The number of aromatic nitrogens is 2. The van der Waals surface area contributed by atoms with Crippen LogP contribution >= 0.6 is 0 Å². The first-order valence-electron chi connectivity index (χ1n) is 2.70. The summed E-state index contributed by atoms with van der Waals surface area (Å²) in [7, 11) is 3.44. The quantitative estimate of drug-likeness (QED) is 0.415. The van der Waals surface area contributed by atoms with Crippen LogP contribution in [0.1, 0.15) is 0 Å². The van der Waals surface area contributed by atoms with Gasteiger partial charge in [-0.3, -0.25) is 0 Å². The van der Waals surface area contributed by atoms with E-state index in [0.717, 1.165) is 0 Å². The van der Waals surface area contributed by atoms with Gasteiger partial charge in [-0.2, -0.15) is 9.13 Å². The molecule has 0 aliphatic rings. The SMILES string of the molecule is C[n+]1cc[n+](C)c(F)c1. The smallest absolute Gasteiger partial charge is 0.195 e. The third-order valence-corrected chi connectivity index (χ3v) is 1.17. The zero-order chi connectivity index (χ0) is 6.85. The fourth-order valence-electron chi connectivity index (χ4n) is 0.578. The Morgan fingerprint density at radius 2 is 2.00 bits per heavy atom. The summed E-state index contributed by atoms with van der Waals surface area (Å²) < 4.78 is 15.6. The molecule has 1 aromatic rings. The normalized spacial score (nSPS) is 9.67. The summed E-state index contributed by atoms with van der Waals surface area (Å²) in [6, 6.07) is 0. The third kappa shape index (κ3) is 1.22. The number of nitrogens with zero attached hydrogens (tertiary/aromatic N) is 2. The lowest BCUT2D eigenvalue weighted by Gasteiger charge is -1.84. The molecule has 0 aromatic carbocycles. The van der Waals surface area contributed by atoms with Crippen molar-refractivity contribution in [3.63, 3.8) is 0 Å². The highest BCUT2D eigenvalue weighted by molar-refractivity contribution is 4.56. The fraction of sp³-hybridized carbons (Fsp3) is 0.333. The number of halogens is 1. The average Bonchev–Trinajstić information content (AvgIpc) is 1.80. The molecule has 3 heteroatoms. The van der Waals surface area contributed by atoms with E-state index < -0.39 is 0 Å². The van der Waals surface area contributed by atoms with Gasteiger partial charge in [-0.25, -0.2) is 0 Å². The Bertz CT molecular complexity index is 222. The maximum absolute atomic E-state index is 12.5. The van der Waals surface area contributed by atoms with Crippen molar-refractivity contribution in [1.82, 2.24) is 0 Å². The molecule has 0 aliphatic heterocycles. The van der Waals surface area contributed by atoms with Crippen LogP contribution < -0.4 is 9.13 Å². The zero-order valence-electron chi connectivity index (χ0n) is 5.50.